The lowest BCUT2D eigenvalue weighted by Gasteiger charge is -2.08. The number of ketones is 1. The first kappa shape index (κ1) is 15.2. The predicted octanol–water partition coefficient (Wildman–Crippen LogP) is 4.39. The zero-order chi connectivity index (χ0) is 16.2. The van der Waals surface area contributed by atoms with Gasteiger partial charge in [0.2, 0.25) is 11.8 Å². The molecule has 0 saturated heterocycles. The van der Waals surface area contributed by atoms with Crippen molar-refractivity contribution in [2.45, 2.75) is 19.9 Å². The van der Waals surface area contributed by atoms with E-state index in [9.17, 15) is 4.79 Å². The van der Waals surface area contributed by atoms with Crippen molar-refractivity contribution >= 4 is 5.78 Å². The van der Waals surface area contributed by atoms with Crippen LogP contribution in [0.2, 0.25) is 0 Å². The molecule has 2 heteroatoms. The van der Waals surface area contributed by atoms with Crippen LogP contribution in [-0.2, 0) is 0 Å². The second-order valence-corrected chi connectivity index (χ2v) is 5.81. The molecule has 3 rings (SSSR count). The van der Waals surface area contributed by atoms with Crippen LogP contribution in [-0.4, -0.2) is 5.78 Å². The summed E-state index contributed by atoms with van der Waals surface area (Å²) < 4.78 is 1.94. The summed E-state index contributed by atoms with van der Waals surface area (Å²) in [4.78, 5) is 12.7. The van der Waals surface area contributed by atoms with Crippen molar-refractivity contribution in [2.24, 2.45) is 0 Å². The van der Waals surface area contributed by atoms with Crippen molar-refractivity contribution in [1.82, 2.24) is 0 Å². The number of hydrogen-bond acceptors (Lipinski definition) is 1. The molecule has 1 atom stereocenters. The molecule has 0 fully saturated rings. The highest BCUT2D eigenvalue weighted by molar-refractivity contribution is 5.98. The van der Waals surface area contributed by atoms with Crippen LogP contribution in [0.25, 0.3) is 11.1 Å². The van der Waals surface area contributed by atoms with E-state index in [-0.39, 0.29) is 11.8 Å². The van der Waals surface area contributed by atoms with Crippen LogP contribution in [0.4, 0.5) is 0 Å². The van der Waals surface area contributed by atoms with Crippen LogP contribution >= 0.6 is 0 Å². The van der Waals surface area contributed by atoms with Crippen molar-refractivity contribution in [1.29, 1.82) is 0 Å². The maximum absolute atomic E-state index is 12.7. The summed E-state index contributed by atoms with van der Waals surface area (Å²) in [5.74, 6) is 0.124. The average Bonchev–Trinajstić information content (AvgIpc) is 2.62. The summed E-state index contributed by atoms with van der Waals surface area (Å²) in [6, 6.07) is 21.8. The minimum atomic E-state index is -0.210. The largest absolute Gasteiger partial charge is 0.287 e. The van der Waals surface area contributed by atoms with Gasteiger partial charge in [0.15, 0.2) is 12.4 Å². The summed E-state index contributed by atoms with van der Waals surface area (Å²) in [6.07, 6.45) is 3.91. The normalized spacial score (nSPS) is 11.9. The van der Waals surface area contributed by atoms with Crippen LogP contribution in [0, 0.1) is 6.92 Å². The number of benzene rings is 2. The molecule has 0 aliphatic rings. The highest BCUT2D eigenvalue weighted by atomic mass is 16.1. The standard InChI is InChI=1S/C21H20NO/c1-16-12-14-22(15-13-16)17(2)21(23)20-10-8-19(9-11-20)18-6-4-3-5-7-18/h3-15,17H,1-2H3/q+1/t17-/m0/s1. The van der Waals surface area contributed by atoms with Gasteiger partial charge in [0, 0.05) is 24.6 Å². The van der Waals surface area contributed by atoms with Crippen molar-refractivity contribution in [3.05, 3.63) is 90.3 Å². The van der Waals surface area contributed by atoms with Gasteiger partial charge < -0.3 is 0 Å². The third-order valence-corrected chi connectivity index (χ3v) is 4.12. The van der Waals surface area contributed by atoms with Crippen molar-refractivity contribution in [2.75, 3.05) is 0 Å². The zero-order valence-electron chi connectivity index (χ0n) is 13.4. The van der Waals surface area contributed by atoms with Gasteiger partial charge in [-0.05, 0) is 23.6 Å². The Morgan fingerprint density at radius 1 is 0.826 bits per heavy atom. The number of pyridine rings is 1. The SMILES string of the molecule is Cc1cc[n+]([C@@H](C)C(=O)c2ccc(-c3ccccc3)cc2)cc1. The number of hydrogen-bond donors (Lipinski definition) is 0. The van der Waals surface area contributed by atoms with Gasteiger partial charge in [-0.1, -0.05) is 54.6 Å². The summed E-state index contributed by atoms with van der Waals surface area (Å²) in [5.41, 5.74) is 4.21. The Labute approximate surface area is 137 Å². The number of carbonyl (C=O) groups excluding carboxylic acids is 1. The molecule has 0 aliphatic carbocycles. The van der Waals surface area contributed by atoms with Crippen LogP contribution in [0.1, 0.15) is 28.9 Å². The smallest absolute Gasteiger partial charge is 0.230 e. The summed E-state index contributed by atoms with van der Waals surface area (Å²) in [5, 5.41) is 0. The molecule has 0 N–H and O–H groups in total. The number of aromatic nitrogens is 1. The molecule has 1 heterocycles. The maximum atomic E-state index is 12.7. The number of Topliss-reactive ketones (excluding diaryl/α,β-unsaturated/α-hetero) is 1. The average molecular weight is 302 g/mol. The Kier molecular flexibility index (Phi) is 4.33. The van der Waals surface area contributed by atoms with Gasteiger partial charge in [-0.3, -0.25) is 4.79 Å². The maximum Gasteiger partial charge on any atom is 0.230 e. The fourth-order valence-corrected chi connectivity index (χ4v) is 2.60. The topological polar surface area (TPSA) is 20.9 Å². The van der Waals surface area contributed by atoms with Crippen LogP contribution < -0.4 is 4.57 Å². The zero-order valence-corrected chi connectivity index (χ0v) is 13.4. The first-order valence-corrected chi connectivity index (χ1v) is 7.82. The molecule has 114 valence electrons. The Hall–Kier alpha value is -2.74. The fourth-order valence-electron chi connectivity index (χ4n) is 2.60. The lowest BCUT2D eigenvalue weighted by atomic mass is 10.00. The van der Waals surface area contributed by atoms with Gasteiger partial charge in [-0.2, -0.15) is 4.57 Å². The molecule has 0 aliphatic heterocycles. The summed E-state index contributed by atoms with van der Waals surface area (Å²) in [7, 11) is 0. The first-order chi connectivity index (χ1) is 11.1. The molecule has 23 heavy (non-hydrogen) atoms. The minimum absolute atomic E-state index is 0.124. The number of carbonyl (C=O) groups is 1. The van der Waals surface area contributed by atoms with E-state index < -0.39 is 0 Å². The quantitative estimate of drug-likeness (QED) is 0.517. The Balaban J connectivity index is 1.81. The van der Waals surface area contributed by atoms with Gasteiger partial charge >= 0.3 is 0 Å². The van der Waals surface area contributed by atoms with E-state index in [0.29, 0.717) is 0 Å². The van der Waals surface area contributed by atoms with Crippen LogP contribution in [0.3, 0.4) is 0 Å². The number of rotatable bonds is 4. The predicted molar refractivity (Wildman–Crippen MR) is 92.3 cm³/mol. The van der Waals surface area contributed by atoms with Crippen LogP contribution in [0.15, 0.2) is 79.1 Å². The van der Waals surface area contributed by atoms with Gasteiger partial charge in [-0.15, -0.1) is 0 Å². The Morgan fingerprint density at radius 2 is 1.39 bits per heavy atom. The molecule has 0 saturated carbocycles. The minimum Gasteiger partial charge on any atom is -0.287 e. The molecule has 0 spiro atoms. The summed E-state index contributed by atoms with van der Waals surface area (Å²) in [6.45, 7) is 3.97. The molecule has 0 bridgehead atoms. The van der Waals surface area contributed by atoms with Crippen molar-refractivity contribution < 1.29 is 9.36 Å². The van der Waals surface area contributed by atoms with E-state index in [1.807, 2.05) is 85.4 Å². The lowest BCUT2D eigenvalue weighted by molar-refractivity contribution is -0.704. The highest BCUT2D eigenvalue weighted by Gasteiger charge is 2.23. The van der Waals surface area contributed by atoms with Gasteiger partial charge in [0.25, 0.3) is 0 Å². The summed E-state index contributed by atoms with van der Waals surface area (Å²) >= 11 is 0. The van der Waals surface area contributed by atoms with Crippen molar-refractivity contribution in [3.8, 4) is 11.1 Å². The molecule has 2 nitrogen and oxygen atoms in total. The van der Waals surface area contributed by atoms with Crippen LogP contribution in [0.5, 0.6) is 0 Å². The lowest BCUT2D eigenvalue weighted by Crippen LogP contribution is -2.41. The Bertz CT molecular complexity index is 790. The third kappa shape index (κ3) is 3.37. The van der Waals surface area contributed by atoms with E-state index in [1.54, 1.807) is 0 Å². The van der Waals surface area contributed by atoms with E-state index in [2.05, 4.69) is 12.1 Å². The monoisotopic (exact) mass is 302 g/mol. The number of nitrogens with zero attached hydrogens (tertiary/aromatic N) is 1. The van der Waals surface area contributed by atoms with Gasteiger partial charge in [0.1, 0.15) is 0 Å². The molecule has 2 aromatic carbocycles. The van der Waals surface area contributed by atoms with E-state index in [1.165, 1.54) is 5.56 Å². The molecule has 3 aromatic rings. The van der Waals surface area contributed by atoms with E-state index in [4.69, 9.17) is 0 Å². The molecule has 0 radical (unpaired) electrons. The molecule has 0 amide bonds. The van der Waals surface area contributed by atoms with Gasteiger partial charge in [0.05, 0.1) is 0 Å². The Morgan fingerprint density at radius 3 is 2.00 bits per heavy atom. The van der Waals surface area contributed by atoms with E-state index >= 15 is 0 Å². The second-order valence-electron chi connectivity index (χ2n) is 5.81. The van der Waals surface area contributed by atoms with E-state index in [0.717, 1.165) is 16.7 Å². The molecular weight excluding hydrogens is 282 g/mol. The molecular formula is C21H20NO+. The molecule has 0 unspecified atom stereocenters. The highest BCUT2D eigenvalue weighted by Crippen LogP contribution is 2.20. The second kappa shape index (κ2) is 6.57. The first-order valence-electron chi connectivity index (χ1n) is 7.82. The van der Waals surface area contributed by atoms with Gasteiger partial charge in [-0.25, -0.2) is 0 Å². The number of aryl methyl sites for hydroxylation is 1. The fraction of sp³-hybridized carbons (Fsp3) is 0.143. The third-order valence-electron chi connectivity index (χ3n) is 4.12. The van der Waals surface area contributed by atoms with Crippen molar-refractivity contribution in [3.63, 3.8) is 0 Å². The molecule has 1 aromatic heterocycles.